The highest BCUT2D eigenvalue weighted by Crippen LogP contribution is 2.26. The van der Waals surface area contributed by atoms with E-state index >= 15 is 0 Å². The van der Waals surface area contributed by atoms with Gasteiger partial charge in [0.1, 0.15) is 23.9 Å². The van der Waals surface area contributed by atoms with Crippen molar-refractivity contribution in [2.24, 2.45) is 0 Å². The minimum Gasteiger partial charge on any atom is -0.458 e. The molecule has 7 nitrogen and oxygen atoms in total. The summed E-state index contributed by atoms with van der Waals surface area (Å²) in [4.78, 5) is 35.0. The number of hydrogen-bond acceptors (Lipinski definition) is 7. The molecule has 34 heavy (non-hydrogen) atoms. The fraction of sp³-hybridized carbons (Fsp3) is 0.115. The van der Waals surface area contributed by atoms with Crippen LogP contribution < -0.4 is 9.47 Å². The fourth-order valence-corrected chi connectivity index (χ4v) is 2.82. The zero-order chi connectivity index (χ0) is 24.7. The van der Waals surface area contributed by atoms with Crippen LogP contribution in [0, 0.1) is 5.82 Å². The largest absolute Gasteiger partial charge is 0.458 e. The Labute approximate surface area is 195 Å². The van der Waals surface area contributed by atoms with Gasteiger partial charge in [-0.2, -0.15) is 0 Å². The predicted molar refractivity (Wildman–Crippen MR) is 122 cm³/mol. The Morgan fingerprint density at radius 3 is 2.38 bits per heavy atom. The van der Waals surface area contributed by atoms with Gasteiger partial charge in [0.05, 0.1) is 5.56 Å². The SMILES string of the molecule is C=CC(=O)OCc1ccc2cc(OC(=O)c3ccc(OCOC(=O)C(=C)C)cc3)cc(F)c2c1. The van der Waals surface area contributed by atoms with Crippen LogP contribution >= 0.6 is 0 Å². The molecule has 0 aromatic heterocycles. The van der Waals surface area contributed by atoms with Gasteiger partial charge in [-0.05, 0) is 54.3 Å². The average molecular weight is 464 g/mol. The van der Waals surface area contributed by atoms with E-state index in [4.69, 9.17) is 18.9 Å². The summed E-state index contributed by atoms with van der Waals surface area (Å²) in [6.07, 6.45) is 1.05. The maximum absolute atomic E-state index is 14.6. The van der Waals surface area contributed by atoms with Crippen LogP contribution in [0.15, 0.2) is 79.4 Å². The third-order valence-electron chi connectivity index (χ3n) is 4.55. The molecule has 0 unspecified atom stereocenters. The Balaban J connectivity index is 1.64. The lowest BCUT2D eigenvalue weighted by Gasteiger charge is -2.10. The van der Waals surface area contributed by atoms with E-state index in [9.17, 15) is 18.8 Å². The molecule has 3 rings (SSSR count). The molecule has 0 saturated heterocycles. The van der Waals surface area contributed by atoms with E-state index in [1.54, 1.807) is 18.2 Å². The minimum atomic E-state index is -0.688. The topological polar surface area (TPSA) is 88.1 Å². The normalized spacial score (nSPS) is 10.3. The summed E-state index contributed by atoms with van der Waals surface area (Å²) in [6, 6.07) is 13.4. The molecule has 0 aliphatic carbocycles. The first-order valence-corrected chi connectivity index (χ1v) is 10.1. The molecule has 0 spiro atoms. The van der Waals surface area contributed by atoms with Crippen molar-refractivity contribution in [3.63, 3.8) is 0 Å². The summed E-state index contributed by atoms with van der Waals surface area (Å²) in [5, 5.41) is 0.801. The van der Waals surface area contributed by atoms with Gasteiger partial charge in [-0.1, -0.05) is 25.3 Å². The Bertz CT molecular complexity index is 1260. The number of carbonyl (C=O) groups is 3. The zero-order valence-corrected chi connectivity index (χ0v) is 18.3. The van der Waals surface area contributed by atoms with Gasteiger partial charge in [0.25, 0.3) is 0 Å². The highest BCUT2D eigenvalue weighted by atomic mass is 19.1. The first kappa shape index (κ1) is 24.2. The smallest absolute Gasteiger partial charge is 0.343 e. The number of benzene rings is 3. The summed E-state index contributed by atoms with van der Waals surface area (Å²) in [5.74, 6) is -2.02. The van der Waals surface area contributed by atoms with Gasteiger partial charge in [0.15, 0.2) is 0 Å². The second kappa shape index (κ2) is 10.9. The number of hydrogen-bond donors (Lipinski definition) is 0. The van der Waals surface area contributed by atoms with E-state index in [1.165, 1.54) is 37.3 Å². The van der Waals surface area contributed by atoms with Gasteiger partial charge in [-0.25, -0.2) is 18.8 Å². The zero-order valence-electron chi connectivity index (χ0n) is 18.3. The molecule has 0 aliphatic rings. The molecule has 0 amide bonds. The van der Waals surface area contributed by atoms with Crippen molar-refractivity contribution in [1.29, 1.82) is 0 Å². The molecule has 8 heteroatoms. The Hall–Kier alpha value is -4.46. The Morgan fingerprint density at radius 1 is 0.971 bits per heavy atom. The molecular weight excluding hydrogens is 443 g/mol. The molecule has 0 bridgehead atoms. The summed E-state index contributed by atoms with van der Waals surface area (Å²) in [7, 11) is 0. The number of fused-ring (bicyclic) bond motifs is 1. The molecule has 3 aromatic rings. The monoisotopic (exact) mass is 464 g/mol. The first-order chi connectivity index (χ1) is 16.3. The van der Waals surface area contributed by atoms with Crippen molar-refractivity contribution in [2.45, 2.75) is 13.5 Å². The molecule has 0 aliphatic heterocycles. The van der Waals surface area contributed by atoms with E-state index in [-0.39, 0.29) is 30.3 Å². The summed E-state index contributed by atoms with van der Waals surface area (Å²) >= 11 is 0. The molecule has 174 valence electrons. The summed E-state index contributed by atoms with van der Waals surface area (Å²) in [6.45, 7) is 7.98. The van der Waals surface area contributed by atoms with Crippen LogP contribution in [-0.2, 0) is 25.7 Å². The number of rotatable bonds is 9. The molecule has 0 N–H and O–H groups in total. The lowest BCUT2D eigenvalue weighted by atomic mass is 10.1. The van der Waals surface area contributed by atoms with E-state index in [0.29, 0.717) is 22.1 Å². The third-order valence-corrected chi connectivity index (χ3v) is 4.55. The van der Waals surface area contributed by atoms with Gasteiger partial charge >= 0.3 is 17.9 Å². The standard InChI is InChI=1S/C26H21FO7/c1-4-24(28)31-14-17-5-6-19-12-21(13-23(27)22(19)11-17)34-26(30)18-7-9-20(10-8-18)32-15-33-25(29)16(2)3/h4-13H,1-2,14-15H2,3H3. The number of halogens is 1. The van der Waals surface area contributed by atoms with Gasteiger partial charge in [-0.15, -0.1) is 0 Å². The van der Waals surface area contributed by atoms with Crippen LogP contribution in [0.1, 0.15) is 22.8 Å². The molecule has 0 atom stereocenters. The number of carbonyl (C=O) groups excluding carboxylic acids is 3. The van der Waals surface area contributed by atoms with Crippen molar-refractivity contribution in [1.82, 2.24) is 0 Å². The Kier molecular flexibility index (Phi) is 7.76. The molecule has 0 heterocycles. The van der Waals surface area contributed by atoms with E-state index < -0.39 is 23.7 Å². The van der Waals surface area contributed by atoms with Crippen LogP contribution in [0.5, 0.6) is 11.5 Å². The fourth-order valence-electron chi connectivity index (χ4n) is 2.82. The average Bonchev–Trinajstić information content (AvgIpc) is 2.82. The van der Waals surface area contributed by atoms with E-state index in [1.807, 2.05) is 0 Å². The van der Waals surface area contributed by atoms with Crippen LogP contribution in [0.2, 0.25) is 0 Å². The second-order valence-electron chi connectivity index (χ2n) is 7.16. The summed E-state index contributed by atoms with van der Waals surface area (Å²) in [5.41, 5.74) is 1.07. The first-order valence-electron chi connectivity index (χ1n) is 10.1. The van der Waals surface area contributed by atoms with Crippen LogP contribution in [0.25, 0.3) is 10.8 Å². The molecule has 0 fully saturated rings. The van der Waals surface area contributed by atoms with E-state index in [0.717, 1.165) is 12.1 Å². The maximum Gasteiger partial charge on any atom is 0.343 e. The Morgan fingerprint density at radius 2 is 1.71 bits per heavy atom. The minimum absolute atomic E-state index is 0.0208. The van der Waals surface area contributed by atoms with Gasteiger partial charge < -0.3 is 18.9 Å². The molecule has 3 aromatic carbocycles. The highest BCUT2D eigenvalue weighted by Gasteiger charge is 2.13. The quantitative estimate of drug-likeness (QED) is 0.193. The lowest BCUT2D eigenvalue weighted by Crippen LogP contribution is -2.11. The van der Waals surface area contributed by atoms with Crippen molar-refractivity contribution in [3.8, 4) is 11.5 Å². The third kappa shape index (κ3) is 6.29. The van der Waals surface area contributed by atoms with Crippen molar-refractivity contribution in [2.75, 3.05) is 6.79 Å². The second-order valence-corrected chi connectivity index (χ2v) is 7.16. The number of ether oxygens (including phenoxy) is 4. The lowest BCUT2D eigenvalue weighted by molar-refractivity contribution is -0.145. The van der Waals surface area contributed by atoms with Crippen molar-refractivity contribution >= 4 is 28.7 Å². The molecule has 0 radical (unpaired) electrons. The van der Waals surface area contributed by atoms with Crippen LogP contribution in [0.4, 0.5) is 4.39 Å². The summed E-state index contributed by atoms with van der Waals surface area (Å²) < 4.78 is 35.0. The van der Waals surface area contributed by atoms with Gasteiger partial charge in [0.2, 0.25) is 6.79 Å². The molecular formula is C26H21FO7. The van der Waals surface area contributed by atoms with Crippen LogP contribution in [0.3, 0.4) is 0 Å². The van der Waals surface area contributed by atoms with Gasteiger partial charge in [-0.3, -0.25) is 0 Å². The molecule has 0 saturated carbocycles. The van der Waals surface area contributed by atoms with Crippen molar-refractivity contribution < 1.29 is 37.7 Å². The number of esters is 3. The predicted octanol–water partition coefficient (Wildman–Crippen LogP) is 4.88. The van der Waals surface area contributed by atoms with Gasteiger partial charge in [0, 0.05) is 23.1 Å². The van der Waals surface area contributed by atoms with E-state index in [2.05, 4.69) is 13.2 Å². The highest BCUT2D eigenvalue weighted by molar-refractivity contribution is 5.92. The van der Waals surface area contributed by atoms with Crippen molar-refractivity contribution in [3.05, 3.63) is 96.3 Å². The van der Waals surface area contributed by atoms with Crippen LogP contribution in [-0.4, -0.2) is 24.7 Å². The maximum atomic E-state index is 14.6.